The van der Waals surface area contributed by atoms with Crippen LogP contribution in [-0.4, -0.2) is 44.0 Å². The first-order chi connectivity index (χ1) is 7.90. The van der Waals surface area contributed by atoms with Crippen LogP contribution in [0.4, 0.5) is 0 Å². The van der Waals surface area contributed by atoms with E-state index in [0.717, 1.165) is 51.3 Å². The van der Waals surface area contributed by atoms with Gasteiger partial charge < -0.3 is 16.1 Å². The molecule has 16 heavy (non-hydrogen) atoms. The Bertz CT molecular complexity index is 305. The minimum atomic E-state index is 0.813. The molecule has 2 aliphatic rings. The number of nitrogens with one attached hydrogen (secondary N) is 3. The van der Waals surface area contributed by atoms with Crippen molar-refractivity contribution >= 4 is 6.29 Å². The molecule has 5 heteroatoms. The van der Waals surface area contributed by atoms with Crippen LogP contribution in [0.1, 0.15) is 6.42 Å². The van der Waals surface area contributed by atoms with Crippen molar-refractivity contribution in [2.75, 3.05) is 32.7 Å². The first-order valence-corrected chi connectivity index (χ1v) is 5.71. The van der Waals surface area contributed by atoms with Gasteiger partial charge in [-0.3, -0.25) is 4.79 Å². The average Bonchev–Trinajstić information content (AvgIpc) is 2.75. The number of piperazine rings is 1. The first-order valence-electron chi connectivity index (χ1n) is 5.71. The molecule has 1 saturated heterocycles. The zero-order valence-electron chi connectivity index (χ0n) is 9.33. The Labute approximate surface area is 95.5 Å². The Morgan fingerprint density at radius 3 is 2.81 bits per heavy atom. The zero-order chi connectivity index (χ0) is 11.2. The van der Waals surface area contributed by atoms with E-state index in [2.05, 4.69) is 21.1 Å². The number of rotatable bonds is 4. The number of allylic oxidation sites excluding steroid dienone is 2. The molecular weight excluding hydrogens is 204 g/mol. The summed E-state index contributed by atoms with van der Waals surface area (Å²) in [5.74, 6) is 1.04. The van der Waals surface area contributed by atoms with Crippen LogP contribution in [0, 0.1) is 0 Å². The van der Waals surface area contributed by atoms with Crippen molar-refractivity contribution in [2.45, 2.75) is 6.42 Å². The van der Waals surface area contributed by atoms with Crippen molar-refractivity contribution in [2.24, 2.45) is 0 Å². The second-order valence-corrected chi connectivity index (χ2v) is 3.92. The fraction of sp³-hybridized carbons (Fsp3) is 0.545. The second-order valence-electron chi connectivity index (χ2n) is 3.92. The van der Waals surface area contributed by atoms with Gasteiger partial charge in [0.05, 0.1) is 0 Å². The molecule has 0 aliphatic carbocycles. The Morgan fingerprint density at radius 1 is 1.25 bits per heavy atom. The maximum Gasteiger partial charge on any atom is 0.142 e. The SMILES string of the molecule is O=C/C=C/C1=C(NN2CCNCC2)NCC1. The highest BCUT2D eigenvalue weighted by Gasteiger charge is 2.15. The lowest BCUT2D eigenvalue weighted by Gasteiger charge is -2.29. The van der Waals surface area contributed by atoms with Crippen molar-refractivity contribution in [3.8, 4) is 0 Å². The third kappa shape index (κ3) is 2.84. The third-order valence-corrected chi connectivity index (χ3v) is 2.78. The number of aldehydes is 1. The van der Waals surface area contributed by atoms with E-state index in [1.807, 2.05) is 6.08 Å². The molecule has 2 heterocycles. The summed E-state index contributed by atoms with van der Waals surface area (Å²) in [6.45, 7) is 4.96. The number of carbonyl (C=O) groups excluding carboxylic acids is 1. The monoisotopic (exact) mass is 222 g/mol. The van der Waals surface area contributed by atoms with Crippen LogP contribution >= 0.6 is 0 Å². The molecule has 5 nitrogen and oxygen atoms in total. The van der Waals surface area contributed by atoms with Gasteiger partial charge in [-0.1, -0.05) is 6.08 Å². The van der Waals surface area contributed by atoms with Crippen molar-refractivity contribution in [3.05, 3.63) is 23.5 Å². The summed E-state index contributed by atoms with van der Waals surface area (Å²) >= 11 is 0. The molecule has 0 aromatic rings. The summed E-state index contributed by atoms with van der Waals surface area (Å²) in [6, 6.07) is 0. The highest BCUT2D eigenvalue weighted by Crippen LogP contribution is 2.12. The molecule has 0 spiro atoms. The molecule has 0 radical (unpaired) electrons. The van der Waals surface area contributed by atoms with Crippen LogP contribution in [0.15, 0.2) is 23.5 Å². The number of nitrogens with zero attached hydrogens (tertiary/aromatic N) is 1. The van der Waals surface area contributed by atoms with Crippen LogP contribution in [0.2, 0.25) is 0 Å². The highest BCUT2D eigenvalue weighted by atomic mass is 16.1. The lowest BCUT2D eigenvalue weighted by Crippen LogP contribution is -2.51. The Kier molecular flexibility index (Phi) is 3.96. The van der Waals surface area contributed by atoms with Crippen LogP contribution in [0.25, 0.3) is 0 Å². The highest BCUT2D eigenvalue weighted by molar-refractivity contribution is 5.66. The number of hydrazine groups is 1. The summed E-state index contributed by atoms with van der Waals surface area (Å²) in [7, 11) is 0. The first kappa shape index (κ1) is 11.2. The van der Waals surface area contributed by atoms with Crippen molar-refractivity contribution in [1.29, 1.82) is 0 Å². The summed E-state index contributed by atoms with van der Waals surface area (Å²) in [5, 5.41) is 8.80. The molecule has 88 valence electrons. The van der Waals surface area contributed by atoms with Gasteiger partial charge in [0.1, 0.15) is 12.1 Å². The van der Waals surface area contributed by atoms with E-state index in [4.69, 9.17) is 0 Å². The molecule has 0 amide bonds. The maximum absolute atomic E-state index is 10.3. The molecule has 3 N–H and O–H groups in total. The fourth-order valence-electron chi connectivity index (χ4n) is 1.93. The van der Waals surface area contributed by atoms with E-state index in [1.165, 1.54) is 5.57 Å². The molecule has 0 bridgehead atoms. The average molecular weight is 222 g/mol. The predicted molar refractivity (Wildman–Crippen MR) is 62.4 cm³/mol. The van der Waals surface area contributed by atoms with Gasteiger partial charge in [0, 0.05) is 32.7 Å². The van der Waals surface area contributed by atoms with E-state index in [-0.39, 0.29) is 0 Å². The van der Waals surface area contributed by atoms with E-state index in [9.17, 15) is 4.79 Å². The molecule has 0 aromatic carbocycles. The van der Waals surface area contributed by atoms with Crippen LogP contribution in [0.5, 0.6) is 0 Å². The summed E-state index contributed by atoms with van der Waals surface area (Å²) in [4.78, 5) is 10.3. The number of hydrogen-bond acceptors (Lipinski definition) is 5. The topological polar surface area (TPSA) is 56.4 Å². The normalized spacial score (nSPS) is 22.5. The molecular formula is C11H18N4O. The predicted octanol–water partition coefficient (Wildman–Crippen LogP) is -0.644. The van der Waals surface area contributed by atoms with Gasteiger partial charge in [-0.2, -0.15) is 0 Å². The summed E-state index contributed by atoms with van der Waals surface area (Å²) < 4.78 is 0. The van der Waals surface area contributed by atoms with Gasteiger partial charge >= 0.3 is 0 Å². The molecule has 0 unspecified atom stereocenters. The van der Waals surface area contributed by atoms with Crippen molar-refractivity contribution < 1.29 is 4.79 Å². The van der Waals surface area contributed by atoms with Crippen LogP contribution in [-0.2, 0) is 4.79 Å². The van der Waals surface area contributed by atoms with Gasteiger partial charge in [-0.25, -0.2) is 5.01 Å². The second kappa shape index (κ2) is 5.67. The minimum Gasteiger partial charge on any atom is -0.370 e. The molecule has 2 rings (SSSR count). The molecule has 1 fully saturated rings. The number of hydrogen-bond donors (Lipinski definition) is 3. The van der Waals surface area contributed by atoms with Gasteiger partial charge in [0.25, 0.3) is 0 Å². The van der Waals surface area contributed by atoms with Gasteiger partial charge in [0.15, 0.2) is 0 Å². The van der Waals surface area contributed by atoms with E-state index in [0.29, 0.717) is 0 Å². The minimum absolute atomic E-state index is 0.813. The van der Waals surface area contributed by atoms with Crippen molar-refractivity contribution in [1.82, 2.24) is 21.1 Å². The van der Waals surface area contributed by atoms with Crippen LogP contribution < -0.4 is 16.1 Å². The quantitative estimate of drug-likeness (QED) is 0.436. The smallest absolute Gasteiger partial charge is 0.142 e. The zero-order valence-corrected chi connectivity index (χ0v) is 9.33. The fourth-order valence-corrected chi connectivity index (χ4v) is 1.93. The van der Waals surface area contributed by atoms with E-state index in [1.54, 1.807) is 6.08 Å². The molecule has 2 aliphatic heterocycles. The summed E-state index contributed by atoms with van der Waals surface area (Å²) in [6.07, 6.45) is 5.20. The van der Waals surface area contributed by atoms with E-state index < -0.39 is 0 Å². The Balaban J connectivity index is 1.95. The maximum atomic E-state index is 10.3. The largest absolute Gasteiger partial charge is 0.370 e. The van der Waals surface area contributed by atoms with Gasteiger partial charge in [-0.05, 0) is 18.1 Å². The number of carbonyl (C=O) groups is 1. The molecule has 0 atom stereocenters. The summed E-state index contributed by atoms with van der Waals surface area (Å²) in [5.41, 5.74) is 4.54. The Morgan fingerprint density at radius 2 is 2.06 bits per heavy atom. The van der Waals surface area contributed by atoms with Gasteiger partial charge in [0.2, 0.25) is 0 Å². The standard InChI is InChI=1S/C11H18N4O/c16-9-1-2-10-3-4-13-11(10)14-15-7-5-12-6-8-15/h1-2,9,12-14H,3-8H2/b2-1+. The van der Waals surface area contributed by atoms with Crippen molar-refractivity contribution in [3.63, 3.8) is 0 Å². The van der Waals surface area contributed by atoms with E-state index >= 15 is 0 Å². The Hall–Kier alpha value is -1.33. The lowest BCUT2D eigenvalue weighted by atomic mass is 10.2. The van der Waals surface area contributed by atoms with Crippen LogP contribution in [0.3, 0.4) is 0 Å². The molecule has 0 aromatic heterocycles. The molecule has 0 saturated carbocycles. The lowest BCUT2D eigenvalue weighted by molar-refractivity contribution is -0.104. The third-order valence-electron chi connectivity index (χ3n) is 2.78. The van der Waals surface area contributed by atoms with Gasteiger partial charge in [-0.15, -0.1) is 0 Å².